The van der Waals surface area contributed by atoms with Crippen LogP contribution in [0.5, 0.6) is 0 Å². The Morgan fingerprint density at radius 1 is 0.900 bits per heavy atom. The Bertz CT molecular complexity index is 1360. The first-order valence-corrected chi connectivity index (χ1v) is 10.1. The molecule has 30 heavy (non-hydrogen) atoms. The summed E-state index contributed by atoms with van der Waals surface area (Å²) in [6, 6.07) is 9.67. The highest BCUT2D eigenvalue weighted by molar-refractivity contribution is 5.97. The SMILES string of the molecule is Cc1ccc(NC(=O)CCc2c(C)c3cc4c(C)c(C)oc4cc3oc2=O)c(C)c1. The van der Waals surface area contributed by atoms with E-state index in [0.717, 1.165) is 44.5 Å². The summed E-state index contributed by atoms with van der Waals surface area (Å²) in [6.07, 6.45) is 0.527. The van der Waals surface area contributed by atoms with Crippen molar-refractivity contribution in [3.63, 3.8) is 0 Å². The minimum absolute atomic E-state index is 0.127. The van der Waals surface area contributed by atoms with Gasteiger partial charge in [-0.05, 0) is 69.9 Å². The summed E-state index contributed by atoms with van der Waals surface area (Å²) in [6.45, 7) is 9.82. The molecule has 0 fully saturated rings. The van der Waals surface area contributed by atoms with Crippen molar-refractivity contribution in [3.8, 4) is 0 Å². The van der Waals surface area contributed by atoms with Crippen molar-refractivity contribution in [2.45, 2.75) is 47.5 Å². The summed E-state index contributed by atoms with van der Waals surface area (Å²) in [5, 5.41) is 4.81. The molecule has 5 nitrogen and oxygen atoms in total. The molecule has 4 aromatic rings. The van der Waals surface area contributed by atoms with Gasteiger partial charge in [-0.25, -0.2) is 4.79 Å². The van der Waals surface area contributed by atoms with Crippen molar-refractivity contribution in [2.24, 2.45) is 0 Å². The number of hydrogen-bond acceptors (Lipinski definition) is 4. The summed E-state index contributed by atoms with van der Waals surface area (Å²) >= 11 is 0. The average Bonchev–Trinajstić information content (AvgIpc) is 2.96. The first-order chi connectivity index (χ1) is 14.2. The third-order valence-corrected chi connectivity index (χ3v) is 5.84. The maximum Gasteiger partial charge on any atom is 0.339 e. The average molecular weight is 403 g/mol. The van der Waals surface area contributed by atoms with Crippen LogP contribution < -0.4 is 10.9 Å². The summed E-state index contributed by atoms with van der Waals surface area (Å²) in [5.74, 6) is 0.723. The zero-order valence-electron chi connectivity index (χ0n) is 17.9. The molecular formula is C25H25NO4. The van der Waals surface area contributed by atoms with E-state index in [1.54, 1.807) is 6.07 Å². The smallest absolute Gasteiger partial charge is 0.339 e. The fourth-order valence-electron chi connectivity index (χ4n) is 3.92. The number of hydrogen-bond donors (Lipinski definition) is 1. The third-order valence-electron chi connectivity index (χ3n) is 5.84. The highest BCUT2D eigenvalue weighted by Crippen LogP contribution is 2.31. The molecule has 0 saturated heterocycles. The van der Waals surface area contributed by atoms with Gasteiger partial charge in [-0.2, -0.15) is 0 Å². The van der Waals surface area contributed by atoms with Crippen LogP contribution in [0.2, 0.25) is 0 Å². The lowest BCUT2D eigenvalue weighted by Gasteiger charge is -2.10. The number of aryl methyl sites for hydroxylation is 5. The molecule has 0 aliphatic carbocycles. The van der Waals surface area contributed by atoms with E-state index in [2.05, 4.69) is 5.32 Å². The van der Waals surface area contributed by atoms with Gasteiger partial charge in [0.1, 0.15) is 16.9 Å². The van der Waals surface area contributed by atoms with Gasteiger partial charge in [-0.3, -0.25) is 4.79 Å². The monoisotopic (exact) mass is 403 g/mol. The van der Waals surface area contributed by atoms with Crippen molar-refractivity contribution in [2.75, 3.05) is 5.32 Å². The molecule has 0 bridgehead atoms. The predicted molar refractivity (Wildman–Crippen MR) is 119 cm³/mol. The summed E-state index contributed by atoms with van der Waals surface area (Å²) in [5.41, 5.74) is 6.22. The second-order valence-corrected chi connectivity index (χ2v) is 7.99. The van der Waals surface area contributed by atoms with Crippen LogP contribution in [0.25, 0.3) is 21.9 Å². The molecule has 4 rings (SSSR count). The Balaban J connectivity index is 1.62. The van der Waals surface area contributed by atoms with E-state index in [-0.39, 0.29) is 12.3 Å². The molecule has 0 saturated carbocycles. The fourth-order valence-corrected chi connectivity index (χ4v) is 3.92. The number of fused-ring (bicyclic) bond motifs is 2. The molecule has 2 heterocycles. The number of anilines is 1. The number of furan rings is 1. The molecule has 0 atom stereocenters. The van der Waals surface area contributed by atoms with Crippen molar-refractivity contribution in [1.29, 1.82) is 0 Å². The first kappa shape index (κ1) is 20.0. The van der Waals surface area contributed by atoms with Gasteiger partial charge in [0.25, 0.3) is 0 Å². The number of carbonyl (C=O) groups excluding carboxylic acids is 1. The summed E-state index contributed by atoms with van der Waals surface area (Å²) in [7, 11) is 0. The summed E-state index contributed by atoms with van der Waals surface area (Å²) < 4.78 is 11.3. The molecule has 154 valence electrons. The second kappa shape index (κ2) is 7.48. The van der Waals surface area contributed by atoms with E-state index in [4.69, 9.17) is 8.83 Å². The minimum Gasteiger partial charge on any atom is -0.461 e. The normalized spacial score (nSPS) is 11.4. The van der Waals surface area contributed by atoms with Gasteiger partial charge in [-0.1, -0.05) is 17.7 Å². The molecule has 0 aliphatic rings. The largest absolute Gasteiger partial charge is 0.461 e. The Labute approximate surface area is 174 Å². The van der Waals surface area contributed by atoms with Crippen LogP contribution in [0.15, 0.2) is 44.0 Å². The zero-order chi connectivity index (χ0) is 21.6. The molecule has 0 aliphatic heterocycles. The van der Waals surface area contributed by atoms with Crippen LogP contribution in [-0.4, -0.2) is 5.91 Å². The van der Waals surface area contributed by atoms with Gasteiger partial charge in [0.15, 0.2) is 0 Å². The fraction of sp³-hybridized carbons (Fsp3) is 0.280. The van der Waals surface area contributed by atoms with E-state index in [1.165, 1.54) is 0 Å². The van der Waals surface area contributed by atoms with Crippen LogP contribution in [0.4, 0.5) is 5.69 Å². The number of carbonyl (C=O) groups is 1. The van der Waals surface area contributed by atoms with Gasteiger partial charge in [0.2, 0.25) is 5.91 Å². The quantitative estimate of drug-likeness (QED) is 0.447. The molecular weight excluding hydrogens is 378 g/mol. The van der Waals surface area contributed by atoms with E-state index in [1.807, 2.05) is 58.9 Å². The molecule has 5 heteroatoms. The Kier molecular flexibility index (Phi) is 4.98. The van der Waals surface area contributed by atoms with Gasteiger partial charge in [-0.15, -0.1) is 0 Å². The van der Waals surface area contributed by atoms with Gasteiger partial charge in [0.05, 0.1) is 0 Å². The molecule has 2 aromatic carbocycles. The molecule has 1 N–H and O–H groups in total. The lowest BCUT2D eigenvalue weighted by Crippen LogP contribution is -2.17. The number of benzene rings is 2. The molecule has 2 aromatic heterocycles. The number of rotatable bonds is 4. The maximum absolute atomic E-state index is 12.6. The first-order valence-electron chi connectivity index (χ1n) is 10.1. The van der Waals surface area contributed by atoms with Crippen LogP contribution in [0, 0.1) is 34.6 Å². The maximum atomic E-state index is 12.6. The van der Waals surface area contributed by atoms with Crippen molar-refractivity contribution in [3.05, 3.63) is 74.3 Å². The Morgan fingerprint density at radius 3 is 2.33 bits per heavy atom. The molecule has 1 amide bonds. The molecule has 0 unspecified atom stereocenters. The standard InChI is InChI=1S/C25H25NO4/c1-13-6-8-21(14(2)10-13)26-24(27)9-7-18-16(4)20-11-19-15(3)17(5)29-22(19)12-23(20)30-25(18)28/h6,8,10-12H,7,9H2,1-5H3,(H,26,27). The highest BCUT2D eigenvalue weighted by Gasteiger charge is 2.16. The van der Waals surface area contributed by atoms with E-state index >= 15 is 0 Å². The molecule has 0 radical (unpaired) electrons. The minimum atomic E-state index is -0.404. The van der Waals surface area contributed by atoms with Crippen LogP contribution in [0.1, 0.15) is 40.0 Å². The zero-order valence-corrected chi connectivity index (χ0v) is 17.9. The topological polar surface area (TPSA) is 72.5 Å². The van der Waals surface area contributed by atoms with Crippen molar-refractivity contribution < 1.29 is 13.6 Å². The van der Waals surface area contributed by atoms with Gasteiger partial charge in [0, 0.05) is 34.5 Å². The Morgan fingerprint density at radius 2 is 1.60 bits per heavy atom. The van der Waals surface area contributed by atoms with Gasteiger partial charge < -0.3 is 14.2 Å². The van der Waals surface area contributed by atoms with Crippen molar-refractivity contribution >= 4 is 33.5 Å². The van der Waals surface area contributed by atoms with Crippen molar-refractivity contribution in [1.82, 2.24) is 0 Å². The number of nitrogens with one attached hydrogen (secondary N) is 1. The lowest BCUT2D eigenvalue weighted by atomic mass is 10.0. The highest BCUT2D eigenvalue weighted by atomic mass is 16.4. The van der Waals surface area contributed by atoms with Crippen LogP contribution in [-0.2, 0) is 11.2 Å². The number of amides is 1. The Hall–Kier alpha value is -3.34. The lowest BCUT2D eigenvalue weighted by molar-refractivity contribution is -0.116. The van der Waals surface area contributed by atoms with E-state index in [9.17, 15) is 9.59 Å². The van der Waals surface area contributed by atoms with E-state index in [0.29, 0.717) is 23.2 Å². The third kappa shape index (κ3) is 3.52. The van der Waals surface area contributed by atoms with Crippen LogP contribution >= 0.6 is 0 Å². The second-order valence-electron chi connectivity index (χ2n) is 7.99. The van der Waals surface area contributed by atoms with E-state index < -0.39 is 5.63 Å². The molecule has 0 spiro atoms. The summed E-state index contributed by atoms with van der Waals surface area (Å²) in [4.78, 5) is 25.1. The van der Waals surface area contributed by atoms with Crippen LogP contribution in [0.3, 0.4) is 0 Å². The predicted octanol–water partition coefficient (Wildman–Crippen LogP) is 5.65. The van der Waals surface area contributed by atoms with Gasteiger partial charge >= 0.3 is 5.63 Å².